The molecule has 0 aromatic rings. The summed E-state index contributed by atoms with van der Waals surface area (Å²) in [6.07, 6.45) is 0.352. The van der Waals surface area contributed by atoms with Gasteiger partial charge < -0.3 is 35.2 Å². The second-order valence-electron chi connectivity index (χ2n) is 11.6. The van der Waals surface area contributed by atoms with Crippen LogP contribution in [-0.4, -0.2) is 90.0 Å². The summed E-state index contributed by atoms with van der Waals surface area (Å²) in [5, 5.41) is 17.6. The van der Waals surface area contributed by atoms with Crippen molar-refractivity contribution in [3.63, 3.8) is 0 Å². The molecule has 13 nitrogen and oxygen atoms in total. The van der Waals surface area contributed by atoms with Gasteiger partial charge >= 0.3 is 35.7 Å². The van der Waals surface area contributed by atoms with Crippen LogP contribution in [0.15, 0.2) is 0 Å². The number of nitrogens with zero attached hydrogens (tertiary/aromatic N) is 1. The first-order valence-corrected chi connectivity index (χ1v) is 14.5. The Morgan fingerprint density at radius 1 is 1.18 bits per heavy atom. The average molecular weight is 583 g/mol. The minimum absolute atomic E-state index is 0. The van der Waals surface area contributed by atoms with E-state index in [1.807, 2.05) is 27.7 Å². The molecule has 15 heteroatoms. The Bertz CT molecular complexity index is 1020. The van der Waals surface area contributed by atoms with Crippen LogP contribution in [0.3, 0.4) is 0 Å². The maximum atomic E-state index is 13.1. The first kappa shape index (κ1) is 33.8. The number of aliphatic hydroxyl groups is 1. The van der Waals surface area contributed by atoms with Crippen molar-refractivity contribution in [3.05, 3.63) is 0 Å². The predicted molar refractivity (Wildman–Crippen MR) is 133 cm³/mol. The zero-order valence-electron chi connectivity index (χ0n) is 23.3. The van der Waals surface area contributed by atoms with Crippen molar-refractivity contribution in [1.82, 2.24) is 20.9 Å². The van der Waals surface area contributed by atoms with Gasteiger partial charge in [0.1, 0.15) is 22.3 Å². The zero-order chi connectivity index (χ0) is 28.4. The number of nitrogens with one attached hydrogen (secondary N) is 3. The van der Waals surface area contributed by atoms with Crippen LogP contribution in [0.1, 0.15) is 59.8 Å². The molecule has 0 aromatic heterocycles. The van der Waals surface area contributed by atoms with Crippen molar-refractivity contribution in [3.8, 4) is 0 Å². The number of alkyl carbamates (subject to hydrolysis) is 1. The van der Waals surface area contributed by atoms with Gasteiger partial charge in [-0.1, -0.05) is 27.7 Å². The van der Waals surface area contributed by atoms with Gasteiger partial charge in [-0.2, -0.15) is 0 Å². The van der Waals surface area contributed by atoms with Gasteiger partial charge in [-0.05, 0) is 38.0 Å². The molecule has 4 atom stereocenters. The number of rotatable bonds is 11. The van der Waals surface area contributed by atoms with Crippen LogP contribution < -0.4 is 45.5 Å². The molecule has 216 valence electrons. The summed E-state index contributed by atoms with van der Waals surface area (Å²) in [5.74, 6) is -1.86. The summed E-state index contributed by atoms with van der Waals surface area (Å²) in [7, 11) is -5.19. The van der Waals surface area contributed by atoms with Gasteiger partial charge in [-0.15, -0.1) is 0 Å². The third-order valence-electron chi connectivity index (χ3n) is 7.44. The largest absolute Gasteiger partial charge is 1.00 e. The van der Waals surface area contributed by atoms with Crippen molar-refractivity contribution >= 4 is 33.9 Å². The van der Waals surface area contributed by atoms with E-state index in [-0.39, 0.29) is 77.6 Å². The second kappa shape index (κ2) is 13.5. The van der Waals surface area contributed by atoms with Gasteiger partial charge in [-0.25, -0.2) is 13.2 Å². The molecule has 3 aliphatic rings. The molecule has 4 N–H and O–H groups in total. The Morgan fingerprint density at radius 3 is 2.28 bits per heavy atom. The van der Waals surface area contributed by atoms with Crippen LogP contribution in [0.25, 0.3) is 0 Å². The third kappa shape index (κ3) is 8.77. The molecule has 3 fully saturated rings. The molecule has 4 amide bonds. The average Bonchev–Trinajstić information content (AvgIpc) is 3.15. The van der Waals surface area contributed by atoms with E-state index in [0.29, 0.717) is 38.9 Å². The minimum atomic E-state index is -5.19. The van der Waals surface area contributed by atoms with Crippen LogP contribution in [0, 0.1) is 23.2 Å². The molecular weight excluding hydrogens is 543 g/mol. The van der Waals surface area contributed by atoms with E-state index in [1.165, 1.54) is 0 Å². The molecule has 1 saturated carbocycles. The third-order valence-corrected chi connectivity index (χ3v) is 8.36. The van der Waals surface area contributed by atoms with Gasteiger partial charge in [0.25, 0.3) is 0 Å². The molecule has 0 radical (unpaired) electrons. The summed E-state index contributed by atoms with van der Waals surface area (Å²) in [5.41, 5.74) is -2.49. The van der Waals surface area contributed by atoms with Crippen molar-refractivity contribution in [2.24, 2.45) is 23.2 Å². The quantitative estimate of drug-likeness (QED) is 0.142. The topological polar surface area (TPSA) is 194 Å². The summed E-state index contributed by atoms with van der Waals surface area (Å²) >= 11 is 0. The van der Waals surface area contributed by atoms with E-state index >= 15 is 0 Å². The minimum Gasteiger partial charge on any atom is -0.746 e. The maximum Gasteiger partial charge on any atom is 1.00 e. The SMILES string of the molecule is CC(C)C[C@H](NC(=O)OC1CC2(C1)CN(C(=O)C(C)C)C2)C(=O)N[C@@H](C[C@H]1CCNC1=O)C(O)S(=O)(=O)[O-].[Na+]. The fraction of sp³-hybridized carbons (Fsp3) is 0.833. The van der Waals surface area contributed by atoms with Crippen LogP contribution in [-0.2, 0) is 29.2 Å². The molecule has 1 unspecified atom stereocenters. The molecule has 3 rings (SSSR count). The summed E-state index contributed by atoms with van der Waals surface area (Å²) in [4.78, 5) is 51.5. The van der Waals surface area contributed by atoms with Gasteiger partial charge in [0, 0.05) is 36.9 Å². The number of amides is 4. The molecule has 1 aliphatic carbocycles. The summed E-state index contributed by atoms with van der Waals surface area (Å²) in [6.45, 7) is 8.97. The number of ether oxygens (including phenoxy) is 1. The van der Waals surface area contributed by atoms with Gasteiger partial charge in [0.2, 0.25) is 17.7 Å². The molecule has 0 bridgehead atoms. The number of hydrogen-bond donors (Lipinski definition) is 4. The molecule has 39 heavy (non-hydrogen) atoms. The standard InChI is InChI=1S/C24H40N4O9S.Na/c1-13(2)7-17(20(30)26-18(22(32)38(34,35)36)8-15-5-6-25-19(15)29)27-23(33)37-16-9-24(10-16)11-28(12-24)21(31)14(3)4;/h13-18,22,32H,5-12H2,1-4H3,(H,25,29)(H,26,30)(H,27,33)(H,34,35,36);/q;+1/p-1/t15-,17+,18+,22?;/m1./s1. The van der Waals surface area contributed by atoms with Crippen molar-refractivity contribution in [2.45, 2.75) is 83.4 Å². The monoisotopic (exact) mass is 582 g/mol. The molecular formula is C24H39N4NaO9S. The van der Waals surface area contributed by atoms with Crippen LogP contribution in [0.2, 0.25) is 0 Å². The van der Waals surface area contributed by atoms with Gasteiger partial charge in [0.05, 0.1) is 6.04 Å². The number of aliphatic hydroxyl groups excluding tert-OH is 1. The first-order valence-electron chi connectivity index (χ1n) is 13.1. The molecule has 2 saturated heterocycles. The van der Waals surface area contributed by atoms with E-state index in [2.05, 4.69) is 16.0 Å². The van der Waals surface area contributed by atoms with Gasteiger partial charge in [-0.3, -0.25) is 14.4 Å². The molecule has 2 aliphatic heterocycles. The van der Waals surface area contributed by atoms with Crippen molar-refractivity contribution in [1.29, 1.82) is 0 Å². The van der Waals surface area contributed by atoms with Crippen LogP contribution >= 0.6 is 0 Å². The van der Waals surface area contributed by atoms with Crippen molar-refractivity contribution < 1.29 is 71.5 Å². The fourth-order valence-corrected chi connectivity index (χ4v) is 6.05. The van der Waals surface area contributed by atoms with Crippen LogP contribution in [0.5, 0.6) is 0 Å². The van der Waals surface area contributed by atoms with Crippen molar-refractivity contribution in [2.75, 3.05) is 19.6 Å². The molecule has 2 heterocycles. The molecule has 1 spiro atoms. The second-order valence-corrected chi connectivity index (χ2v) is 13.1. The Hall–Kier alpha value is -1.45. The van der Waals surface area contributed by atoms with E-state index in [0.717, 1.165) is 0 Å². The molecule has 0 aromatic carbocycles. The Balaban J connectivity index is 0.00000533. The normalized spacial score (nSPS) is 22.7. The maximum absolute atomic E-state index is 13.1. The van der Waals surface area contributed by atoms with E-state index in [9.17, 15) is 37.3 Å². The zero-order valence-corrected chi connectivity index (χ0v) is 26.1. The Morgan fingerprint density at radius 2 is 1.79 bits per heavy atom. The Kier molecular flexibility index (Phi) is 11.7. The van der Waals surface area contributed by atoms with Gasteiger partial charge in [0.15, 0.2) is 5.44 Å². The number of carbonyl (C=O) groups excluding carboxylic acids is 4. The smallest absolute Gasteiger partial charge is 0.746 e. The summed E-state index contributed by atoms with van der Waals surface area (Å²) < 4.78 is 40.0. The fourth-order valence-electron chi connectivity index (χ4n) is 5.47. The summed E-state index contributed by atoms with van der Waals surface area (Å²) in [6, 6.07) is -2.66. The number of likely N-dealkylation sites (tertiary alicyclic amines) is 1. The predicted octanol–water partition coefficient (Wildman–Crippen LogP) is -3.35. The number of hydrogen-bond acceptors (Lipinski definition) is 9. The van der Waals surface area contributed by atoms with E-state index in [1.54, 1.807) is 4.90 Å². The first-order chi connectivity index (χ1) is 17.6. The van der Waals surface area contributed by atoms with E-state index < -0.39 is 45.6 Å². The van der Waals surface area contributed by atoms with Crippen LogP contribution in [0.4, 0.5) is 4.79 Å². The Labute approximate surface area is 251 Å². The number of carbonyl (C=O) groups is 4. The van der Waals surface area contributed by atoms with E-state index in [4.69, 9.17) is 4.74 Å².